The Morgan fingerprint density at radius 1 is 1.00 bits per heavy atom. The van der Waals surface area contributed by atoms with Crippen molar-refractivity contribution >= 4 is 0 Å². The van der Waals surface area contributed by atoms with Gasteiger partial charge >= 0.3 is 0 Å². The van der Waals surface area contributed by atoms with E-state index in [1.165, 1.54) is 16.7 Å². The third-order valence-electron chi connectivity index (χ3n) is 2.32. The molecule has 0 saturated carbocycles. The summed E-state index contributed by atoms with van der Waals surface area (Å²) < 4.78 is 0. The largest absolute Gasteiger partial charge is 0.261 e. The minimum absolute atomic E-state index is 1.06. The van der Waals surface area contributed by atoms with Crippen molar-refractivity contribution in [3.8, 4) is 11.1 Å². The first-order valence-electron chi connectivity index (χ1n) is 4.76. The first-order chi connectivity index (χ1) is 6.77. The van der Waals surface area contributed by atoms with Gasteiger partial charge in [0.05, 0.1) is 0 Å². The second-order valence-corrected chi connectivity index (χ2v) is 3.51. The number of aryl methyl sites for hydroxylation is 2. The van der Waals surface area contributed by atoms with Gasteiger partial charge in [0.2, 0.25) is 0 Å². The molecule has 1 aromatic carbocycles. The van der Waals surface area contributed by atoms with Crippen molar-refractivity contribution in [2.45, 2.75) is 13.8 Å². The molecule has 0 aliphatic carbocycles. The van der Waals surface area contributed by atoms with Gasteiger partial charge in [0.25, 0.3) is 0 Å². The van der Waals surface area contributed by atoms with Crippen molar-refractivity contribution in [1.29, 1.82) is 0 Å². The molecule has 0 aliphatic heterocycles. The third-order valence-corrected chi connectivity index (χ3v) is 2.32. The first-order valence-corrected chi connectivity index (χ1v) is 4.76. The Bertz CT molecular complexity index is 432. The number of hydrogen-bond donors (Lipinski definition) is 0. The number of benzene rings is 1. The van der Waals surface area contributed by atoms with Gasteiger partial charge in [-0.05, 0) is 36.6 Å². The van der Waals surface area contributed by atoms with Gasteiger partial charge in [-0.1, -0.05) is 30.3 Å². The van der Waals surface area contributed by atoms with Crippen LogP contribution in [0.2, 0.25) is 0 Å². The van der Waals surface area contributed by atoms with Gasteiger partial charge in [-0.3, -0.25) is 4.98 Å². The minimum atomic E-state index is 1.06. The molecule has 0 spiro atoms. The zero-order chi connectivity index (χ0) is 9.97. The fourth-order valence-corrected chi connectivity index (χ4v) is 1.56. The van der Waals surface area contributed by atoms with Crippen LogP contribution in [0, 0.1) is 13.8 Å². The molecule has 14 heavy (non-hydrogen) atoms. The molecule has 1 aromatic heterocycles. The summed E-state index contributed by atoms with van der Waals surface area (Å²) in [6.07, 6.45) is 1.93. The van der Waals surface area contributed by atoms with Crippen LogP contribution >= 0.6 is 0 Å². The summed E-state index contributed by atoms with van der Waals surface area (Å²) in [5, 5.41) is 0. The maximum absolute atomic E-state index is 4.26. The molecule has 0 fully saturated rings. The lowest BCUT2D eigenvalue weighted by atomic mass is 10.0. The van der Waals surface area contributed by atoms with E-state index in [1.807, 2.05) is 19.2 Å². The molecule has 70 valence electrons. The Balaban J connectivity index is 2.57. The SMILES string of the molecule is Cc1cc(-c2ccccc2)c(C)cn1. The van der Waals surface area contributed by atoms with E-state index in [1.54, 1.807) is 0 Å². The van der Waals surface area contributed by atoms with E-state index in [-0.39, 0.29) is 0 Å². The second kappa shape index (κ2) is 3.62. The molecule has 0 unspecified atom stereocenters. The lowest BCUT2D eigenvalue weighted by Crippen LogP contribution is -1.87. The Morgan fingerprint density at radius 3 is 2.43 bits per heavy atom. The molecule has 0 radical (unpaired) electrons. The standard InChI is InChI=1S/C13H13N/c1-10-9-14-11(2)8-13(10)12-6-4-3-5-7-12/h3-9H,1-2H3. The molecular formula is C13H13N. The monoisotopic (exact) mass is 183 g/mol. The molecule has 0 N–H and O–H groups in total. The smallest absolute Gasteiger partial charge is 0.0379 e. The number of nitrogens with zero attached hydrogens (tertiary/aromatic N) is 1. The minimum Gasteiger partial charge on any atom is -0.261 e. The molecule has 0 aliphatic rings. The molecule has 1 heteroatoms. The molecule has 0 atom stereocenters. The van der Waals surface area contributed by atoms with E-state index in [2.05, 4.69) is 42.2 Å². The predicted molar refractivity (Wildman–Crippen MR) is 59.1 cm³/mol. The lowest BCUT2D eigenvalue weighted by molar-refractivity contribution is 1.17. The van der Waals surface area contributed by atoms with Crippen molar-refractivity contribution in [3.05, 3.63) is 53.9 Å². The number of aromatic nitrogens is 1. The van der Waals surface area contributed by atoms with Gasteiger partial charge in [-0.25, -0.2) is 0 Å². The third kappa shape index (κ3) is 1.67. The van der Waals surface area contributed by atoms with Crippen LogP contribution in [0.4, 0.5) is 0 Å². The summed E-state index contributed by atoms with van der Waals surface area (Å²) in [5.74, 6) is 0. The first kappa shape index (κ1) is 8.95. The van der Waals surface area contributed by atoms with E-state index < -0.39 is 0 Å². The van der Waals surface area contributed by atoms with Crippen molar-refractivity contribution in [3.63, 3.8) is 0 Å². The highest BCUT2D eigenvalue weighted by Crippen LogP contribution is 2.22. The van der Waals surface area contributed by atoms with Crippen LogP contribution in [0.15, 0.2) is 42.6 Å². The molecule has 1 heterocycles. The van der Waals surface area contributed by atoms with E-state index in [4.69, 9.17) is 0 Å². The predicted octanol–water partition coefficient (Wildman–Crippen LogP) is 3.37. The quantitative estimate of drug-likeness (QED) is 0.660. The van der Waals surface area contributed by atoms with E-state index >= 15 is 0 Å². The van der Waals surface area contributed by atoms with Gasteiger partial charge in [0.15, 0.2) is 0 Å². The highest BCUT2D eigenvalue weighted by atomic mass is 14.7. The number of rotatable bonds is 1. The average Bonchev–Trinajstić information content (AvgIpc) is 2.23. The maximum Gasteiger partial charge on any atom is 0.0379 e. The summed E-state index contributed by atoms with van der Waals surface area (Å²) in [5.41, 5.74) is 4.82. The average molecular weight is 183 g/mol. The van der Waals surface area contributed by atoms with Crippen molar-refractivity contribution in [2.24, 2.45) is 0 Å². The molecule has 2 aromatic rings. The summed E-state index contributed by atoms with van der Waals surface area (Å²) in [6, 6.07) is 12.5. The Morgan fingerprint density at radius 2 is 1.71 bits per heavy atom. The van der Waals surface area contributed by atoms with E-state index in [0.717, 1.165) is 5.69 Å². The van der Waals surface area contributed by atoms with Crippen LogP contribution < -0.4 is 0 Å². The fraction of sp³-hybridized carbons (Fsp3) is 0.154. The van der Waals surface area contributed by atoms with Gasteiger partial charge in [0, 0.05) is 11.9 Å². The van der Waals surface area contributed by atoms with Crippen LogP contribution in [-0.4, -0.2) is 4.98 Å². The van der Waals surface area contributed by atoms with Gasteiger partial charge < -0.3 is 0 Å². The lowest BCUT2D eigenvalue weighted by Gasteiger charge is -2.05. The maximum atomic E-state index is 4.26. The summed E-state index contributed by atoms with van der Waals surface area (Å²) in [6.45, 7) is 4.11. The molecule has 0 saturated heterocycles. The Hall–Kier alpha value is -1.63. The fourth-order valence-electron chi connectivity index (χ4n) is 1.56. The second-order valence-electron chi connectivity index (χ2n) is 3.51. The molecule has 0 bridgehead atoms. The van der Waals surface area contributed by atoms with Gasteiger partial charge in [0.1, 0.15) is 0 Å². The molecule has 0 amide bonds. The van der Waals surface area contributed by atoms with Gasteiger partial charge in [-0.2, -0.15) is 0 Å². The van der Waals surface area contributed by atoms with Gasteiger partial charge in [-0.15, -0.1) is 0 Å². The summed E-state index contributed by atoms with van der Waals surface area (Å²) in [7, 11) is 0. The zero-order valence-electron chi connectivity index (χ0n) is 8.49. The molecular weight excluding hydrogens is 170 g/mol. The van der Waals surface area contributed by atoms with Crippen molar-refractivity contribution in [1.82, 2.24) is 4.98 Å². The highest BCUT2D eigenvalue weighted by Gasteiger charge is 2.01. The van der Waals surface area contributed by atoms with Crippen molar-refractivity contribution in [2.75, 3.05) is 0 Å². The van der Waals surface area contributed by atoms with Crippen LogP contribution in [-0.2, 0) is 0 Å². The van der Waals surface area contributed by atoms with Crippen LogP contribution in [0.1, 0.15) is 11.3 Å². The zero-order valence-corrected chi connectivity index (χ0v) is 8.49. The highest BCUT2D eigenvalue weighted by molar-refractivity contribution is 5.66. The summed E-state index contributed by atoms with van der Waals surface area (Å²) in [4.78, 5) is 4.26. The van der Waals surface area contributed by atoms with E-state index in [0.29, 0.717) is 0 Å². The van der Waals surface area contributed by atoms with Crippen molar-refractivity contribution < 1.29 is 0 Å². The molecule has 2 rings (SSSR count). The number of hydrogen-bond acceptors (Lipinski definition) is 1. The normalized spacial score (nSPS) is 10.1. The topological polar surface area (TPSA) is 12.9 Å². The van der Waals surface area contributed by atoms with Crippen LogP contribution in [0.25, 0.3) is 11.1 Å². The van der Waals surface area contributed by atoms with Crippen LogP contribution in [0.5, 0.6) is 0 Å². The Labute approximate surface area is 84.4 Å². The summed E-state index contributed by atoms with van der Waals surface area (Å²) >= 11 is 0. The molecule has 1 nitrogen and oxygen atoms in total. The van der Waals surface area contributed by atoms with E-state index in [9.17, 15) is 0 Å². The van der Waals surface area contributed by atoms with Crippen LogP contribution in [0.3, 0.4) is 0 Å². The number of pyridine rings is 1. The Kier molecular flexibility index (Phi) is 2.32.